The number of hydrogen-bond acceptors (Lipinski definition) is 7. The van der Waals surface area contributed by atoms with Crippen LogP contribution in [0.1, 0.15) is 13.8 Å². The Kier molecular flexibility index (Phi) is 7.04. The number of aromatic nitrogens is 4. The Bertz CT molecular complexity index is 1720. The summed E-state index contributed by atoms with van der Waals surface area (Å²) in [6.45, 7) is 3.67. The van der Waals surface area contributed by atoms with Gasteiger partial charge < -0.3 is 4.74 Å². The maximum absolute atomic E-state index is 13.8. The SMILES string of the molecule is CCOC(=O)[C@@H](C)Sc1nnc(-c2cn(S(=O)(=O)c3ccccc3)c3ccccc23)n1-c1ccc(F)cc1. The van der Waals surface area contributed by atoms with Gasteiger partial charge in [-0.05, 0) is 56.3 Å². The van der Waals surface area contributed by atoms with E-state index in [2.05, 4.69) is 10.2 Å². The smallest absolute Gasteiger partial charge is 0.319 e. The van der Waals surface area contributed by atoms with Crippen LogP contribution in [0.3, 0.4) is 0 Å². The van der Waals surface area contributed by atoms with Gasteiger partial charge in [0.05, 0.1) is 17.0 Å². The molecule has 0 bridgehead atoms. The minimum Gasteiger partial charge on any atom is -0.465 e. The van der Waals surface area contributed by atoms with Crippen LogP contribution in [0.4, 0.5) is 4.39 Å². The van der Waals surface area contributed by atoms with Gasteiger partial charge in [-0.15, -0.1) is 10.2 Å². The van der Waals surface area contributed by atoms with Crippen molar-refractivity contribution in [3.63, 3.8) is 0 Å². The Balaban J connectivity index is 1.71. The molecule has 5 aromatic rings. The van der Waals surface area contributed by atoms with E-state index in [-0.39, 0.29) is 11.5 Å². The summed E-state index contributed by atoms with van der Waals surface area (Å²) in [7, 11) is -3.92. The maximum atomic E-state index is 13.8. The predicted molar refractivity (Wildman–Crippen MR) is 143 cm³/mol. The zero-order valence-electron chi connectivity index (χ0n) is 20.5. The lowest BCUT2D eigenvalue weighted by molar-refractivity contribution is -0.142. The van der Waals surface area contributed by atoms with Crippen LogP contribution in [-0.4, -0.2) is 45.0 Å². The summed E-state index contributed by atoms with van der Waals surface area (Å²) in [4.78, 5) is 12.5. The molecule has 1 atom stereocenters. The molecule has 194 valence electrons. The third-order valence-corrected chi connectivity index (χ3v) is 8.55. The van der Waals surface area contributed by atoms with Crippen LogP contribution in [-0.2, 0) is 19.6 Å². The Morgan fingerprint density at radius 1 is 1.00 bits per heavy atom. The van der Waals surface area contributed by atoms with E-state index < -0.39 is 27.1 Å². The van der Waals surface area contributed by atoms with E-state index in [0.29, 0.717) is 33.1 Å². The molecule has 5 rings (SSSR count). The summed E-state index contributed by atoms with van der Waals surface area (Å²) in [6, 6.07) is 21.0. The minimum absolute atomic E-state index is 0.145. The highest BCUT2D eigenvalue weighted by Gasteiger charge is 2.27. The zero-order chi connectivity index (χ0) is 26.9. The largest absolute Gasteiger partial charge is 0.465 e. The first-order chi connectivity index (χ1) is 18.3. The van der Waals surface area contributed by atoms with Crippen molar-refractivity contribution >= 4 is 38.7 Å². The molecule has 0 aliphatic rings. The molecule has 2 heterocycles. The van der Waals surface area contributed by atoms with Crippen LogP contribution in [0.2, 0.25) is 0 Å². The van der Waals surface area contributed by atoms with E-state index in [4.69, 9.17) is 4.74 Å². The van der Waals surface area contributed by atoms with Crippen molar-refractivity contribution in [3.8, 4) is 17.1 Å². The first-order valence-corrected chi connectivity index (χ1v) is 14.1. The van der Waals surface area contributed by atoms with Crippen LogP contribution >= 0.6 is 11.8 Å². The molecular weight excluding hydrogens is 527 g/mol. The van der Waals surface area contributed by atoms with E-state index in [1.807, 2.05) is 6.07 Å². The number of carbonyl (C=O) groups is 1. The molecule has 3 aromatic carbocycles. The van der Waals surface area contributed by atoms with E-state index in [9.17, 15) is 17.6 Å². The first kappa shape index (κ1) is 25.7. The number of carbonyl (C=O) groups excluding carboxylic acids is 1. The van der Waals surface area contributed by atoms with Gasteiger partial charge in [0.1, 0.15) is 11.1 Å². The van der Waals surface area contributed by atoms with Crippen molar-refractivity contribution in [2.45, 2.75) is 29.1 Å². The highest BCUT2D eigenvalue weighted by Crippen LogP contribution is 2.36. The highest BCUT2D eigenvalue weighted by atomic mass is 32.2. The molecule has 0 radical (unpaired) electrons. The zero-order valence-corrected chi connectivity index (χ0v) is 22.1. The van der Waals surface area contributed by atoms with Crippen LogP contribution in [0.15, 0.2) is 95.1 Å². The number of benzene rings is 3. The lowest BCUT2D eigenvalue weighted by atomic mass is 10.1. The Labute approximate surface area is 223 Å². The number of para-hydroxylation sites is 1. The average Bonchev–Trinajstić information content (AvgIpc) is 3.51. The number of rotatable bonds is 8. The number of esters is 1. The summed E-state index contributed by atoms with van der Waals surface area (Å²) in [5.41, 5.74) is 1.52. The van der Waals surface area contributed by atoms with Crippen molar-refractivity contribution < 1.29 is 22.3 Å². The summed E-state index contributed by atoms with van der Waals surface area (Å²) in [6.07, 6.45) is 1.51. The van der Waals surface area contributed by atoms with Gasteiger partial charge in [0.15, 0.2) is 11.0 Å². The van der Waals surface area contributed by atoms with Crippen molar-refractivity contribution in [1.82, 2.24) is 18.7 Å². The molecule has 0 aliphatic heterocycles. The number of thioether (sulfide) groups is 1. The van der Waals surface area contributed by atoms with Gasteiger partial charge in [-0.3, -0.25) is 9.36 Å². The first-order valence-electron chi connectivity index (χ1n) is 11.8. The molecule has 0 fully saturated rings. The fourth-order valence-corrected chi connectivity index (χ4v) is 6.30. The lowest BCUT2D eigenvalue weighted by Crippen LogP contribution is -2.17. The second-order valence-corrected chi connectivity index (χ2v) is 11.4. The molecule has 0 aliphatic carbocycles. The maximum Gasteiger partial charge on any atom is 0.319 e. The van der Waals surface area contributed by atoms with Gasteiger partial charge in [0.2, 0.25) is 0 Å². The molecular formula is C27H23FN4O4S2. The second kappa shape index (κ2) is 10.4. The Hall–Kier alpha value is -3.96. The second-order valence-electron chi connectivity index (χ2n) is 8.30. The molecule has 0 unspecified atom stereocenters. The summed E-state index contributed by atoms with van der Waals surface area (Å²) in [5.74, 6) is -0.477. The number of fused-ring (bicyclic) bond motifs is 1. The van der Waals surface area contributed by atoms with Crippen molar-refractivity contribution in [2.75, 3.05) is 6.61 Å². The number of hydrogen-bond donors (Lipinski definition) is 0. The van der Waals surface area contributed by atoms with Gasteiger partial charge in [0, 0.05) is 22.8 Å². The molecule has 0 saturated carbocycles. The van der Waals surface area contributed by atoms with E-state index in [1.165, 1.54) is 34.4 Å². The van der Waals surface area contributed by atoms with Gasteiger partial charge in [-0.25, -0.2) is 16.8 Å². The summed E-state index contributed by atoms with van der Waals surface area (Å²) < 4.78 is 49.0. The molecule has 0 spiro atoms. The van der Waals surface area contributed by atoms with Gasteiger partial charge >= 0.3 is 5.97 Å². The third-order valence-electron chi connectivity index (χ3n) is 5.84. The topological polar surface area (TPSA) is 96.1 Å². The molecule has 0 saturated heterocycles. The molecule has 0 amide bonds. The van der Waals surface area contributed by atoms with E-state index in [1.54, 1.807) is 66.9 Å². The highest BCUT2D eigenvalue weighted by molar-refractivity contribution is 8.00. The Morgan fingerprint density at radius 3 is 2.39 bits per heavy atom. The fraction of sp³-hybridized carbons (Fsp3) is 0.148. The van der Waals surface area contributed by atoms with Gasteiger partial charge in [-0.1, -0.05) is 48.2 Å². The lowest BCUT2D eigenvalue weighted by Gasteiger charge is -2.13. The monoisotopic (exact) mass is 550 g/mol. The normalized spacial score (nSPS) is 12.5. The van der Waals surface area contributed by atoms with E-state index in [0.717, 1.165) is 11.8 Å². The number of ether oxygens (including phenoxy) is 1. The van der Waals surface area contributed by atoms with Crippen molar-refractivity contribution in [1.29, 1.82) is 0 Å². The Morgan fingerprint density at radius 2 is 1.68 bits per heavy atom. The standard InChI is InChI=1S/C27H23FN4O4S2/c1-3-36-26(33)18(2)37-27-30-29-25(32(27)20-15-13-19(28)14-16-20)23-17-31(24-12-8-7-11-22(23)24)38(34,35)21-9-5-4-6-10-21/h4-18H,3H2,1-2H3/t18-/m1/s1. The predicted octanol–water partition coefficient (Wildman–Crippen LogP) is 5.31. The van der Waals surface area contributed by atoms with Crippen LogP contribution < -0.4 is 0 Å². The average molecular weight is 551 g/mol. The van der Waals surface area contributed by atoms with Gasteiger partial charge in [0.25, 0.3) is 10.0 Å². The van der Waals surface area contributed by atoms with Gasteiger partial charge in [-0.2, -0.15) is 0 Å². The van der Waals surface area contributed by atoms with E-state index >= 15 is 0 Å². The molecule has 8 nitrogen and oxygen atoms in total. The van der Waals surface area contributed by atoms with Crippen molar-refractivity contribution in [2.24, 2.45) is 0 Å². The van der Waals surface area contributed by atoms with Crippen molar-refractivity contribution in [3.05, 3.63) is 90.9 Å². The third kappa shape index (κ3) is 4.70. The minimum atomic E-state index is -3.92. The molecule has 38 heavy (non-hydrogen) atoms. The van der Waals surface area contributed by atoms with Crippen LogP contribution in [0, 0.1) is 5.82 Å². The molecule has 11 heteroatoms. The summed E-state index contributed by atoms with van der Waals surface area (Å²) in [5, 5.41) is 9.14. The van der Waals surface area contributed by atoms with Crippen LogP contribution in [0.25, 0.3) is 28.0 Å². The summed E-state index contributed by atoms with van der Waals surface area (Å²) >= 11 is 1.14. The number of halogens is 1. The van der Waals surface area contributed by atoms with Crippen LogP contribution in [0.5, 0.6) is 0 Å². The fourth-order valence-electron chi connectivity index (χ4n) is 4.04. The quantitative estimate of drug-likeness (QED) is 0.191. The molecule has 2 aromatic heterocycles. The molecule has 0 N–H and O–H groups in total. The number of nitrogens with zero attached hydrogens (tertiary/aromatic N) is 4.